The Morgan fingerprint density at radius 3 is 2.20 bits per heavy atom. The summed E-state index contributed by atoms with van der Waals surface area (Å²) in [6, 6.07) is 9.18. The van der Waals surface area contributed by atoms with E-state index in [1.807, 2.05) is 0 Å². The number of carboxylic acid groups (broad SMARTS) is 1. The molecule has 0 atom stereocenters. The number of halogens is 4. The van der Waals surface area contributed by atoms with Gasteiger partial charge in [0.2, 0.25) is 0 Å². The van der Waals surface area contributed by atoms with E-state index in [0.29, 0.717) is 11.1 Å². The average Bonchev–Trinajstić information content (AvgIpc) is 2.54. The van der Waals surface area contributed by atoms with Gasteiger partial charge in [0.1, 0.15) is 0 Å². The number of aliphatic carboxylic acids is 1. The molecule has 2 aromatic carbocycles. The lowest BCUT2D eigenvalue weighted by Gasteiger charge is -2.07. The molecule has 0 aliphatic rings. The highest BCUT2D eigenvalue weighted by Gasteiger charge is 2.30. The molecule has 0 aliphatic carbocycles. The predicted octanol–water partition coefficient (Wildman–Crippen LogP) is 3.89. The van der Waals surface area contributed by atoms with Gasteiger partial charge < -0.3 is 10.4 Å². The van der Waals surface area contributed by atoms with Crippen molar-refractivity contribution in [1.82, 2.24) is 0 Å². The maximum absolute atomic E-state index is 12.6. The van der Waals surface area contributed by atoms with E-state index >= 15 is 0 Å². The Morgan fingerprint density at radius 1 is 1.04 bits per heavy atom. The summed E-state index contributed by atoms with van der Waals surface area (Å²) in [5.41, 5.74) is 0.438. The Balaban J connectivity index is 2.16. The molecule has 0 heterocycles. The predicted molar refractivity (Wildman–Crippen MR) is 87.8 cm³/mol. The molecule has 0 saturated heterocycles. The second kappa shape index (κ2) is 7.40. The SMILES string of the molecule is O=C(O)C(=O)Nc1ccc(C#Cc2ccc(C(F)(F)F)cc2Br)cc1. The first-order chi connectivity index (χ1) is 11.7. The summed E-state index contributed by atoms with van der Waals surface area (Å²) in [6.07, 6.45) is -4.43. The number of carboxylic acids is 1. The molecule has 2 aromatic rings. The second-order valence-electron chi connectivity index (χ2n) is 4.78. The summed E-state index contributed by atoms with van der Waals surface area (Å²) in [4.78, 5) is 21.5. The fourth-order valence-corrected chi connectivity index (χ4v) is 2.23. The van der Waals surface area contributed by atoms with Gasteiger partial charge in [0.25, 0.3) is 0 Å². The molecule has 0 bridgehead atoms. The van der Waals surface area contributed by atoms with Gasteiger partial charge in [0.15, 0.2) is 0 Å². The van der Waals surface area contributed by atoms with Crippen LogP contribution in [-0.4, -0.2) is 17.0 Å². The van der Waals surface area contributed by atoms with Crippen LogP contribution in [0.15, 0.2) is 46.9 Å². The Morgan fingerprint density at radius 2 is 1.68 bits per heavy atom. The highest BCUT2D eigenvalue weighted by atomic mass is 79.9. The maximum atomic E-state index is 12.6. The van der Waals surface area contributed by atoms with E-state index in [0.717, 1.165) is 12.1 Å². The van der Waals surface area contributed by atoms with Crippen LogP contribution in [0.2, 0.25) is 0 Å². The molecule has 0 unspecified atom stereocenters. The quantitative estimate of drug-likeness (QED) is 0.552. The summed E-state index contributed by atoms with van der Waals surface area (Å²) < 4.78 is 38.0. The first-order valence-electron chi connectivity index (χ1n) is 6.70. The van der Waals surface area contributed by atoms with Crippen molar-refractivity contribution in [3.05, 3.63) is 63.6 Å². The van der Waals surface area contributed by atoms with E-state index < -0.39 is 23.6 Å². The van der Waals surface area contributed by atoms with Crippen LogP contribution in [0, 0.1) is 11.8 Å². The summed E-state index contributed by atoms with van der Waals surface area (Å²) >= 11 is 3.06. The molecule has 1 amide bonds. The van der Waals surface area contributed by atoms with Gasteiger partial charge in [-0.1, -0.05) is 11.8 Å². The fourth-order valence-electron chi connectivity index (χ4n) is 1.75. The third kappa shape index (κ3) is 5.09. The normalized spacial score (nSPS) is 10.6. The van der Waals surface area contributed by atoms with E-state index in [-0.39, 0.29) is 10.2 Å². The number of alkyl halides is 3. The molecule has 0 aliphatic heterocycles. The van der Waals surface area contributed by atoms with Crippen molar-refractivity contribution < 1.29 is 27.9 Å². The van der Waals surface area contributed by atoms with Crippen LogP contribution in [0.4, 0.5) is 18.9 Å². The van der Waals surface area contributed by atoms with E-state index in [1.54, 1.807) is 12.1 Å². The number of benzene rings is 2. The van der Waals surface area contributed by atoms with Crippen molar-refractivity contribution in [1.29, 1.82) is 0 Å². The smallest absolute Gasteiger partial charge is 0.416 e. The van der Waals surface area contributed by atoms with E-state index in [4.69, 9.17) is 5.11 Å². The zero-order valence-electron chi connectivity index (χ0n) is 12.3. The largest absolute Gasteiger partial charge is 0.474 e. The molecule has 0 spiro atoms. The van der Waals surface area contributed by atoms with Gasteiger partial charge in [0.05, 0.1) is 5.56 Å². The Kier molecular flexibility index (Phi) is 5.49. The van der Waals surface area contributed by atoms with Gasteiger partial charge in [-0.15, -0.1) is 0 Å². The monoisotopic (exact) mass is 411 g/mol. The summed E-state index contributed by atoms with van der Waals surface area (Å²) in [7, 11) is 0. The molecule has 25 heavy (non-hydrogen) atoms. The van der Waals surface area contributed by atoms with Gasteiger partial charge in [0, 0.05) is 21.3 Å². The van der Waals surface area contributed by atoms with E-state index in [2.05, 4.69) is 33.1 Å². The summed E-state index contributed by atoms with van der Waals surface area (Å²) in [6.45, 7) is 0. The number of hydrogen-bond donors (Lipinski definition) is 2. The molecule has 0 radical (unpaired) electrons. The minimum atomic E-state index is -4.43. The molecule has 4 nitrogen and oxygen atoms in total. The molecule has 0 aromatic heterocycles. The topological polar surface area (TPSA) is 66.4 Å². The van der Waals surface area contributed by atoms with Crippen LogP contribution < -0.4 is 5.32 Å². The van der Waals surface area contributed by atoms with Gasteiger partial charge in [-0.2, -0.15) is 13.2 Å². The van der Waals surface area contributed by atoms with Crippen molar-refractivity contribution >= 4 is 33.5 Å². The number of carbonyl (C=O) groups is 2. The van der Waals surface area contributed by atoms with Crippen LogP contribution >= 0.6 is 15.9 Å². The number of hydrogen-bond acceptors (Lipinski definition) is 2. The minimum Gasteiger partial charge on any atom is -0.474 e. The number of carbonyl (C=O) groups excluding carboxylic acids is 1. The van der Waals surface area contributed by atoms with Gasteiger partial charge >= 0.3 is 18.1 Å². The molecule has 2 N–H and O–H groups in total. The van der Waals surface area contributed by atoms with Crippen molar-refractivity contribution in [3.63, 3.8) is 0 Å². The Hall–Kier alpha value is -2.79. The van der Waals surface area contributed by atoms with Crippen molar-refractivity contribution in [2.75, 3.05) is 5.32 Å². The highest BCUT2D eigenvalue weighted by Crippen LogP contribution is 2.32. The molecular formula is C17H9BrF3NO3. The van der Waals surface area contributed by atoms with E-state index in [9.17, 15) is 22.8 Å². The summed E-state index contributed by atoms with van der Waals surface area (Å²) in [5.74, 6) is 2.75. The highest BCUT2D eigenvalue weighted by molar-refractivity contribution is 9.10. The second-order valence-corrected chi connectivity index (χ2v) is 5.63. The number of anilines is 1. The Bertz CT molecular complexity index is 881. The van der Waals surface area contributed by atoms with Crippen LogP contribution in [0.5, 0.6) is 0 Å². The van der Waals surface area contributed by atoms with E-state index in [1.165, 1.54) is 18.2 Å². The van der Waals surface area contributed by atoms with Crippen LogP contribution in [0.3, 0.4) is 0 Å². The third-order valence-electron chi connectivity index (χ3n) is 2.97. The molecule has 0 fully saturated rings. The van der Waals surface area contributed by atoms with Gasteiger partial charge in [-0.25, -0.2) is 4.79 Å². The van der Waals surface area contributed by atoms with Crippen LogP contribution in [0.25, 0.3) is 0 Å². The van der Waals surface area contributed by atoms with Crippen molar-refractivity contribution in [3.8, 4) is 11.8 Å². The standard InChI is InChI=1S/C17H9BrF3NO3/c18-14-9-12(17(19,20)21)6-5-11(14)4-1-10-2-7-13(8-3-10)22-15(23)16(24)25/h2-3,5-9H,(H,22,23)(H,24,25). The van der Waals surface area contributed by atoms with Crippen LogP contribution in [0.1, 0.15) is 16.7 Å². The molecule has 8 heteroatoms. The lowest BCUT2D eigenvalue weighted by Crippen LogP contribution is -2.21. The van der Waals surface area contributed by atoms with Gasteiger partial charge in [-0.3, -0.25) is 4.79 Å². The number of rotatable bonds is 1. The van der Waals surface area contributed by atoms with Crippen molar-refractivity contribution in [2.45, 2.75) is 6.18 Å². The molecule has 128 valence electrons. The van der Waals surface area contributed by atoms with Gasteiger partial charge in [-0.05, 0) is 58.4 Å². The minimum absolute atomic E-state index is 0.222. The third-order valence-corrected chi connectivity index (χ3v) is 3.63. The zero-order valence-corrected chi connectivity index (χ0v) is 13.9. The first-order valence-corrected chi connectivity index (χ1v) is 7.49. The molecule has 0 saturated carbocycles. The number of amides is 1. The summed E-state index contributed by atoms with van der Waals surface area (Å²) in [5, 5.41) is 10.7. The fraction of sp³-hybridized carbons (Fsp3) is 0.0588. The average molecular weight is 412 g/mol. The lowest BCUT2D eigenvalue weighted by atomic mass is 10.1. The Labute approximate surface area is 148 Å². The maximum Gasteiger partial charge on any atom is 0.416 e. The first kappa shape index (κ1) is 18.5. The van der Waals surface area contributed by atoms with Crippen molar-refractivity contribution in [2.24, 2.45) is 0 Å². The lowest BCUT2D eigenvalue weighted by molar-refractivity contribution is -0.147. The molecule has 2 rings (SSSR count). The van der Waals surface area contributed by atoms with Crippen LogP contribution in [-0.2, 0) is 15.8 Å². The molecular weight excluding hydrogens is 403 g/mol. The number of nitrogens with one attached hydrogen (secondary N) is 1. The zero-order chi connectivity index (χ0) is 18.6.